The summed E-state index contributed by atoms with van der Waals surface area (Å²) >= 11 is 1.86. The molecule has 1 fully saturated rings. The molecule has 1 aromatic rings. The van der Waals surface area contributed by atoms with Crippen molar-refractivity contribution in [3.05, 3.63) is 34.9 Å². The highest BCUT2D eigenvalue weighted by atomic mass is 32.2. The molecule has 0 spiro atoms. The molecule has 2 aliphatic rings. The van der Waals surface area contributed by atoms with Crippen LogP contribution in [0.1, 0.15) is 79.8 Å². The van der Waals surface area contributed by atoms with Crippen molar-refractivity contribution in [2.75, 3.05) is 18.1 Å². The van der Waals surface area contributed by atoms with Crippen molar-refractivity contribution in [2.24, 2.45) is 0 Å². The van der Waals surface area contributed by atoms with Crippen LogP contribution in [0.2, 0.25) is 0 Å². The second-order valence-corrected chi connectivity index (χ2v) is 9.15. The smallest absolute Gasteiger partial charge is 0.230 e. The van der Waals surface area contributed by atoms with Crippen LogP contribution in [-0.2, 0) is 4.79 Å². The Balaban J connectivity index is 1.81. The Hall–Kier alpha value is -1.62. The molecule has 1 N–H and O–H groups in total. The van der Waals surface area contributed by atoms with Crippen molar-refractivity contribution in [2.45, 2.75) is 64.3 Å². The summed E-state index contributed by atoms with van der Waals surface area (Å²) in [6, 6.07) is 6.12. The molecule has 1 saturated heterocycles. The van der Waals surface area contributed by atoms with Crippen LogP contribution in [0, 0.1) is 5.41 Å². The molecular weight excluding hydrogens is 356 g/mol. The molecule has 1 heterocycles. The Morgan fingerprint density at radius 3 is 2.85 bits per heavy atom. The van der Waals surface area contributed by atoms with Crippen LogP contribution in [0.4, 0.5) is 0 Å². The fourth-order valence-electron chi connectivity index (χ4n) is 4.11. The van der Waals surface area contributed by atoms with Crippen LogP contribution in [0.5, 0.6) is 0 Å². The third-order valence-electron chi connectivity index (χ3n) is 5.65. The van der Waals surface area contributed by atoms with Gasteiger partial charge < -0.3 is 10.3 Å². The van der Waals surface area contributed by atoms with Gasteiger partial charge in [-0.25, -0.2) is 0 Å². The number of nitrogens with zero attached hydrogens (tertiary/aromatic N) is 1. The zero-order chi connectivity index (χ0) is 19.6. The van der Waals surface area contributed by atoms with Crippen LogP contribution in [0.25, 0.3) is 0 Å². The van der Waals surface area contributed by atoms with Gasteiger partial charge in [0.25, 0.3) is 0 Å². The van der Waals surface area contributed by atoms with Crippen LogP contribution in [0.15, 0.2) is 18.2 Å². The summed E-state index contributed by atoms with van der Waals surface area (Å²) in [6.07, 6.45) is 2.71. The van der Waals surface area contributed by atoms with Gasteiger partial charge in [0.2, 0.25) is 5.91 Å². The van der Waals surface area contributed by atoms with Crippen LogP contribution >= 0.6 is 11.8 Å². The molecule has 0 bridgehead atoms. The predicted octanol–water partition coefficient (Wildman–Crippen LogP) is 4.63. The van der Waals surface area contributed by atoms with Gasteiger partial charge in [-0.1, -0.05) is 39.3 Å². The molecule has 5 heteroatoms. The number of ketones is 1. The average molecular weight is 387 g/mol. The molecule has 0 aromatic heterocycles. The monoisotopic (exact) mass is 386 g/mol. The predicted molar refractivity (Wildman–Crippen MR) is 112 cm³/mol. The number of rotatable bonds is 6. The number of carbonyl (C=O) groups excluding carboxylic acids is 2. The number of carbonyl (C=O) groups is 2. The van der Waals surface area contributed by atoms with E-state index >= 15 is 0 Å². The van der Waals surface area contributed by atoms with E-state index in [2.05, 4.69) is 26.8 Å². The molecule has 2 atom stereocenters. The highest BCUT2D eigenvalue weighted by Gasteiger charge is 2.39. The molecule has 146 valence electrons. The lowest BCUT2D eigenvalue weighted by Crippen LogP contribution is -2.48. The van der Waals surface area contributed by atoms with Gasteiger partial charge in [0, 0.05) is 48.2 Å². The van der Waals surface area contributed by atoms with E-state index in [0.29, 0.717) is 18.8 Å². The lowest BCUT2D eigenvalue weighted by molar-refractivity contribution is -0.134. The first-order valence-electron chi connectivity index (χ1n) is 10.0. The molecule has 0 saturated carbocycles. The molecule has 1 amide bonds. The largest absolute Gasteiger partial charge is 0.337 e. The SMILES string of the molecule is CCCC(=N)CC1CSCCN1C(=O)C1CC(=O)c2cc(C(C)C)ccc21. The molecule has 2 unspecified atom stereocenters. The van der Waals surface area contributed by atoms with Crippen LogP contribution in [-0.4, -0.2) is 46.4 Å². The van der Waals surface area contributed by atoms with E-state index in [4.69, 9.17) is 5.41 Å². The molecule has 4 nitrogen and oxygen atoms in total. The van der Waals surface area contributed by atoms with Gasteiger partial charge in [-0.05, 0) is 29.5 Å². The normalized spacial score (nSPS) is 22.2. The Labute approximate surface area is 166 Å². The molecule has 27 heavy (non-hydrogen) atoms. The minimum atomic E-state index is -0.348. The maximum Gasteiger partial charge on any atom is 0.230 e. The zero-order valence-electron chi connectivity index (χ0n) is 16.6. The van der Waals surface area contributed by atoms with Crippen LogP contribution in [0.3, 0.4) is 0 Å². The molecule has 0 radical (unpaired) electrons. The third kappa shape index (κ3) is 4.29. The van der Waals surface area contributed by atoms with Crippen molar-refractivity contribution in [1.82, 2.24) is 4.90 Å². The number of fused-ring (bicyclic) bond motifs is 1. The van der Waals surface area contributed by atoms with E-state index in [0.717, 1.165) is 53.3 Å². The van der Waals surface area contributed by atoms with Gasteiger partial charge in [-0.2, -0.15) is 11.8 Å². The number of nitrogens with one attached hydrogen (secondary N) is 1. The Kier molecular flexibility index (Phi) is 6.40. The van der Waals surface area contributed by atoms with Crippen molar-refractivity contribution in [1.29, 1.82) is 5.41 Å². The molecule has 1 aromatic carbocycles. The van der Waals surface area contributed by atoms with E-state index < -0.39 is 0 Å². The van der Waals surface area contributed by atoms with Gasteiger partial charge >= 0.3 is 0 Å². The van der Waals surface area contributed by atoms with Crippen LogP contribution < -0.4 is 0 Å². The van der Waals surface area contributed by atoms with E-state index in [-0.39, 0.29) is 23.7 Å². The topological polar surface area (TPSA) is 61.2 Å². The quantitative estimate of drug-likeness (QED) is 0.725. The lowest BCUT2D eigenvalue weighted by Gasteiger charge is -2.37. The van der Waals surface area contributed by atoms with Crippen molar-refractivity contribution in [3.63, 3.8) is 0 Å². The summed E-state index contributed by atoms with van der Waals surface area (Å²) in [4.78, 5) is 27.9. The molecule has 1 aliphatic heterocycles. The first-order valence-corrected chi connectivity index (χ1v) is 11.2. The second kappa shape index (κ2) is 8.59. The number of amides is 1. The van der Waals surface area contributed by atoms with Crippen molar-refractivity contribution < 1.29 is 9.59 Å². The van der Waals surface area contributed by atoms with E-state index in [9.17, 15) is 9.59 Å². The van der Waals surface area contributed by atoms with E-state index in [1.165, 1.54) is 0 Å². The Morgan fingerprint density at radius 1 is 1.37 bits per heavy atom. The summed E-state index contributed by atoms with van der Waals surface area (Å²) in [5.41, 5.74) is 3.51. The Morgan fingerprint density at radius 2 is 2.15 bits per heavy atom. The highest BCUT2D eigenvalue weighted by molar-refractivity contribution is 7.99. The highest BCUT2D eigenvalue weighted by Crippen LogP contribution is 2.37. The van der Waals surface area contributed by atoms with E-state index in [1.54, 1.807) is 0 Å². The second-order valence-electron chi connectivity index (χ2n) is 8.00. The third-order valence-corrected chi connectivity index (χ3v) is 6.74. The summed E-state index contributed by atoms with van der Waals surface area (Å²) in [5.74, 6) is 2.01. The summed E-state index contributed by atoms with van der Waals surface area (Å²) in [7, 11) is 0. The number of hydrogen-bond acceptors (Lipinski definition) is 4. The van der Waals surface area contributed by atoms with Crippen molar-refractivity contribution in [3.8, 4) is 0 Å². The van der Waals surface area contributed by atoms with Gasteiger partial charge in [0.1, 0.15) is 0 Å². The first kappa shape index (κ1) is 20.1. The summed E-state index contributed by atoms with van der Waals surface area (Å²) in [6.45, 7) is 7.04. The average Bonchev–Trinajstić information content (AvgIpc) is 2.98. The zero-order valence-corrected chi connectivity index (χ0v) is 17.4. The van der Waals surface area contributed by atoms with Crippen molar-refractivity contribution >= 4 is 29.2 Å². The van der Waals surface area contributed by atoms with Gasteiger partial charge in [0.15, 0.2) is 5.78 Å². The molecule has 3 rings (SSSR count). The van der Waals surface area contributed by atoms with Gasteiger partial charge in [0.05, 0.1) is 5.92 Å². The van der Waals surface area contributed by atoms with E-state index in [1.807, 2.05) is 28.8 Å². The number of Topliss-reactive ketones (excluding diaryl/α,β-unsaturated/α-hetero) is 1. The van der Waals surface area contributed by atoms with Gasteiger partial charge in [-0.3, -0.25) is 9.59 Å². The minimum Gasteiger partial charge on any atom is -0.337 e. The fraction of sp³-hybridized carbons (Fsp3) is 0.591. The molecule has 1 aliphatic carbocycles. The number of benzene rings is 1. The number of hydrogen-bond donors (Lipinski definition) is 1. The maximum absolute atomic E-state index is 13.4. The minimum absolute atomic E-state index is 0.0778. The maximum atomic E-state index is 13.4. The molecular formula is C22H30N2O2S. The lowest BCUT2D eigenvalue weighted by atomic mass is 9.94. The number of thioether (sulfide) groups is 1. The summed E-state index contributed by atoms with van der Waals surface area (Å²) < 4.78 is 0. The Bertz CT molecular complexity index is 744. The standard InChI is InChI=1S/C22H30N2O2S/c1-4-5-16(23)11-17-13-27-9-8-24(17)22(26)20-12-21(25)19-10-15(14(2)3)6-7-18(19)20/h6-7,10,14,17,20,23H,4-5,8-9,11-13H2,1-3H3. The fourth-order valence-corrected chi connectivity index (χ4v) is 5.17. The first-order chi connectivity index (χ1) is 12.9. The van der Waals surface area contributed by atoms with Gasteiger partial charge in [-0.15, -0.1) is 0 Å². The summed E-state index contributed by atoms with van der Waals surface area (Å²) in [5, 5.41) is 8.18.